The molecule has 2 aliphatic rings. The predicted octanol–water partition coefficient (Wildman–Crippen LogP) is 11.4. The van der Waals surface area contributed by atoms with Crippen LogP contribution in [0.25, 0.3) is 0 Å². The van der Waals surface area contributed by atoms with Crippen LogP contribution in [0.2, 0.25) is 123 Å². The van der Waals surface area contributed by atoms with Crippen molar-refractivity contribution in [2.24, 2.45) is 0 Å². The van der Waals surface area contributed by atoms with E-state index >= 15 is 0 Å². The third-order valence-electron chi connectivity index (χ3n) is 9.60. The van der Waals surface area contributed by atoms with Crippen LogP contribution in [0.1, 0.15) is 32.2 Å². The molecule has 0 amide bonds. The molecule has 43 heavy (non-hydrogen) atoms. The van der Waals surface area contributed by atoms with Crippen molar-refractivity contribution in [1.29, 1.82) is 0 Å². The molecule has 0 unspecified atom stereocenters. The number of hydrogen-bond donors (Lipinski definition) is 0. The van der Waals surface area contributed by atoms with Gasteiger partial charge in [-0.3, -0.25) is 0 Å². The first-order chi connectivity index (χ1) is 19.2. The summed E-state index contributed by atoms with van der Waals surface area (Å²) in [4.78, 5) is 0. The van der Waals surface area contributed by atoms with Crippen LogP contribution in [0.5, 0.6) is 0 Å². The van der Waals surface area contributed by atoms with Gasteiger partial charge in [0.05, 0.1) is 0 Å². The average Bonchev–Trinajstić information content (AvgIpc) is 2.95. The summed E-state index contributed by atoms with van der Waals surface area (Å²) < 4.78 is 3.70. The van der Waals surface area contributed by atoms with Crippen LogP contribution in [0, 0.1) is 0 Å². The minimum absolute atomic E-state index is 0.781. The number of benzene rings is 1. The minimum atomic E-state index is -1.83. The van der Waals surface area contributed by atoms with E-state index in [0.29, 0.717) is 0 Å². The van der Waals surface area contributed by atoms with Crippen molar-refractivity contribution in [3.63, 3.8) is 0 Å². The van der Waals surface area contributed by atoms with E-state index in [2.05, 4.69) is 166 Å². The van der Waals surface area contributed by atoms with Gasteiger partial charge in [-0.2, -0.15) is 0 Å². The van der Waals surface area contributed by atoms with Crippen molar-refractivity contribution >= 4 is 67.2 Å². The molecule has 0 saturated carbocycles. The molecule has 0 N–H and O–H groups in total. The molecule has 239 valence electrons. The van der Waals surface area contributed by atoms with Crippen LogP contribution in [-0.2, 0) is 0 Å². The second-order valence-electron chi connectivity index (χ2n) is 20.2. The number of allylic oxidation sites excluding steroid dienone is 8. The molecule has 1 radical (unpaired) electrons. The fraction of sp³-hybridized carbons (Fsp3) is 0.611. The van der Waals surface area contributed by atoms with Crippen molar-refractivity contribution in [3.8, 4) is 0 Å². The molecule has 1 aromatic carbocycles. The number of rotatable bonds is 10. The summed E-state index contributed by atoms with van der Waals surface area (Å²) in [6.45, 7) is 48.5. The predicted molar refractivity (Wildman–Crippen MR) is 219 cm³/mol. The van der Waals surface area contributed by atoms with Gasteiger partial charge in [0.2, 0.25) is 0 Å². The summed E-state index contributed by atoms with van der Waals surface area (Å²) in [5, 5.41) is 3.66. The van der Waals surface area contributed by atoms with Crippen LogP contribution < -0.4 is 4.40 Å². The van der Waals surface area contributed by atoms with Gasteiger partial charge in [-0.1, -0.05) is 0 Å². The molecule has 1 heterocycles. The molecule has 0 nitrogen and oxygen atoms in total. The van der Waals surface area contributed by atoms with Crippen LogP contribution in [0.15, 0.2) is 58.6 Å². The first-order valence-electron chi connectivity index (χ1n) is 17.0. The Bertz CT molecular complexity index is 1210. The number of fused-ring (bicyclic) bond motifs is 1. The summed E-state index contributed by atoms with van der Waals surface area (Å²) >= 11 is -1.83. The maximum atomic E-state index is 2.92. The Morgan fingerprint density at radius 2 is 0.907 bits per heavy atom. The maximum absolute atomic E-state index is 2.92. The Morgan fingerprint density at radius 1 is 0.512 bits per heavy atom. The van der Waals surface area contributed by atoms with Crippen LogP contribution in [0.3, 0.4) is 0 Å². The Labute approximate surface area is 279 Å². The van der Waals surface area contributed by atoms with Crippen LogP contribution in [0.4, 0.5) is 0 Å². The molecule has 1 aromatic rings. The molecule has 0 aromatic heterocycles. The second-order valence-corrected chi connectivity index (χ2v) is 58.9. The van der Waals surface area contributed by atoms with Crippen LogP contribution >= 0.6 is 0 Å². The Morgan fingerprint density at radius 3 is 1.28 bits per heavy atom. The van der Waals surface area contributed by atoms with Gasteiger partial charge >= 0.3 is 281 Å². The van der Waals surface area contributed by atoms with E-state index in [1.165, 1.54) is 10.8 Å². The quantitative estimate of drug-likeness (QED) is 0.210. The standard InChI is InChI=1S/C36H67GeSi6/c1-38(2,3)34(39(4,5)6)29-26-30(35(40(7,8)9)41(10,11)12)33(31(27-29)36(42(13,14)15)43(16,17)18)37-25-24-28-22-20-19-21-23-32(28)37/h19-24,26-27,34-36H,25H2,1-18H3. The topological polar surface area (TPSA) is 0 Å². The fourth-order valence-electron chi connectivity index (χ4n) is 10.0. The third kappa shape index (κ3) is 8.49. The molecule has 7 heteroatoms. The van der Waals surface area contributed by atoms with Crippen LogP contribution in [-0.4, -0.2) is 62.8 Å². The molecule has 1 aliphatic heterocycles. The molecule has 3 rings (SSSR count). The van der Waals surface area contributed by atoms with Gasteiger partial charge in [0.15, 0.2) is 0 Å². The molecule has 1 aliphatic carbocycles. The van der Waals surface area contributed by atoms with Crippen molar-refractivity contribution in [3.05, 3.63) is 75.3 Å². The van der Waals surface area contributed by atoms with Gasteiger partial charge in [-0.25, -0.2) is 0 Å². The molecule has 0 spiro atoms. The molecule has 0 atom stereocenters. The second kappa shape index (κ2) is 12.6. The zero-order valence-corrected chi connectivity index (χ0v) is 39.7. The van der Waals surface area contributed by atoms with E-state index in [4.69, 9.17) is 0 Å². The van der Waals surface area contributed by atoms with Crippen molar-refractivity contribution in [1.82, 2.24) is 0 Å². The van der Waals surface area contributed by atoms with Gasteiger partial charge in [0, 0.05) is 0 Å². The number of hydrogen-bond acceptors (Lipinski definition) is 0. The van der Waals surface area contributed by atoms with Crippen molar-refractivity contribution in [2.75, 3.05) is 0 Å². The average molecular weight is 741 g/mol. The third-order valence-corrected chi connectivity index (χ3v) is 43.6. The van der Waals surface area contributed by atoms with Gasteiger partial charge in [0.25, 0.3) is 0 Å². The van der Waals surface area contributed by atoms with E-state index in [1.807, 2.05) is 15.5 Å². The molecule has 0 fully saturated rings. The summed E-state index contributed by atoms with van der Waals surface area (Å²) in [7, 11) is -9.04. The normalized spacial score (nSPS) is 17.6. The Kier molecular flexibility index (Phi) is 11.0. The Hall–Kier alpha value is 0.0242. The molecular formula is C36H67GeSi6. The van der Waals surface area contributed by atoms with Crippen molar-refractivity contribution < 1.29 is 0 Å². The summed E-state index contributed by atoms with van der Waals surface area (Å²) in [6, 6.07) is 5.85. The zero-order valence-electron chi connectivity index (χ0n) is 31.6. The van der Waals surface area contributed by atoms with Gasteiger partial charge < -0.3 is 0 Å². The molecule has 0 saturated heterocycles. The van der Waals surface area contributed by atoms with E-state index in [1.54, 1.807) is 9.97 Å². The first kappa shape index (κ1) is 37.5. The molecule has 0 bridgehead atoms. The van der Waals surface area contributed by atoms with E-state index in [-0.39, 0.29) is 0 Å². The van der Waals surface area contributed by atoms with Gasteiger partial charge in [-0.15, -0.1) is 0 Å². The summed E-state index contributed by atoms with van der Waals surface area (Å²) in [5.74, 6) is 0. The fourth-order valence-corrected chi connectivity index (χ4v) is 55.8. The van der Waals surface area contributed by atoms with E-state index < -0.39 is 62.8 Å². The van der Waals surface area contributed by atoms with Gasteiger partial charge in [0.1, 0.15) is 0 Å². The van der Waals surface area contributed by atoms with E-state index in [9.17, 15) is 0 Å². The first-order valence-corrected chi connectivity index (χ1v) is 42.0. The summed E-state index contributed by atoms with van der Waals surface area (Å²) in [5.41, 5.74) is 7.08. The summed E-state index contributed by atoms with van der Waals surface area (Å²) in [6.07, 6.45) is 14.5. The van der Waals surface area contributed by atoms with Crippen molar-refractivity contribution in [2.45, 2.75) is 139 Å². The Balaban J connectivity index is 2.66. The van der Waals surface area contributed by atoms with E-state index in [0.717, 1.165) is 15.5 Å². The SMILES string of the molecule is C[Si](C)(C)C(c1cc(C([Si](C)(C)C)[Si](C)(C)C)[c]([Ge]2[CH2]C=C3C=CC=CC=[C]32)c(C([Si](C)(C)C)[Si](C)(C)C)c1)[Si](C)(C)C. The molecular weight excluding hydrogens is 674 g/mol. The monoisotopic (exact) mass is 741 g/mol. The van der Waals surface area contributed by atoms with Gasteiger partial charge in [-0.05, 0) is 0 Å². The zero-order chi connectivity index (χ0) is 33.1.